The quantitative estimate of drug-likeness (QED) is 0.159. The molecule has 0 saturated carbocycles. The maximum Gasteiger partial charge on any atom is 0.416 e. The second-order valence-corrected chi connectivity index (χ2v) is 18.6. The van der Waals surface area contributed by atoms with Crippen molar-refractivity contribution in [2.24, 2.45) is 0 Å². The van der Waals surface area contributed by atoms with Crippen molar-refractivity contribution >= 4 is 54.0 Å². The molecule has 0 unspecified atom stereocenters. The monoisotopic (exact) mass is 626 g/mol. The third-order valence-electron chi connectivity index (χ3n) is 6.61. The van der Waals surface area contributed by atoms with E-state index in [1.54, 1.807) is 50.0 Å². The Kier molecular flexibility index (Phi) is 8.64. The number of hydrogen-bond donors (Lipinski definition) is 1. The van der Waals surface area contributed by atoms with E-state index in [2.05, 4.69) is 40.0 Å². The maximum atomic E-state index is 15.0. The lowest BCUT2D eigenvalue weighted by atomic mass is 10.1. The summed E-state index contributed by atoms with van der Waals surface area (Å²) in [6.07, 6.45) is 2.80. The van der Waals surface area contributed by atoms with Crippen LogP contribution in [0.25, 0.3) is 22.3 Å². The molecule has 0 bridgehead atoms. The number of benzene rings is 1. The van der Waals surface area contributed by atoms with Crippen LogP contribution in [0.2, 0.25) is 30.7 Å². The number of amides is 1. The molecule has 5 rings (SSSR count). The topological polar surface area (TPSA) is 104 Å². The summed E-state index contributed by atoms with van der Waals surface area (Å²) in [4.78, 5) is 23.8. The first kappa shape index (κ1) is 30.7. The van der Waals surface area contributed by atoms with Crippen LogP contribution in [0.15, 0.2) is 42.7 Å². The minimum atomic E-state index is -1.22. The van der Waals surface area contributed by atoms with Gasteiger partial charge in [-0.3, -0.25) is 4.90 Å². The molecule has 1 N–H and O–H groups in total. The van der Waals surface area contributed by atoms with E-state index in [9.17, 15) is 4.79 Å². The molecular formula is C30H36ClFN6O4Si. The fraction of sp³-hybridized carbons (Fsp3) is 0.400. The van der Waals surface area contributed by atoms with Gasteiger partial charge in [-0.15, -0.1) is 0 Å². The number of aromatic nitrogens is 4. The number of pyridine rings is 2. The summed E-state index contributed by atoms with van der Waals surface area (Å²) < 4.78 is 34.3. The number of nitrogens with zero attached hydrogens (tertiary/aromatic N) is 5. The third kappa shape index (κ3) is 7.26. The van der Waals surface area contributed by atoms with Crippen molar-refractivity contribution in [2.45, 2.75) is 58.8 Å². The van der Waals surface area contributed by atoms with Gasteiger partial charge >= 0.3 is 6.09 Å². The number of carbonyl (C=O) groups is 1. The van der Waals surface area contributed by atoms with Gasteiger partial charge in [0.1, 0.15) is 24.8 Å². The van der Waals surface area contributed by atoms with E-state index in [4.69, 9.17) is 25.8 Å². The Morgan fingerprint density at radius 1 is 1.19 bits per heavy atom. The molecule has 0 atom stereocenters. The lowest BCUT2D eigenvalue weighted by Crippen LogP contribution is -2.42. The van der Waals surface area contributed by atoms with Crippen LogP contribution in [0.3, 0.4) is 0 Å². The van der Waals surface area contributed by atoms with Gasteiger partial charge in [0.05, 0.1) is 35.2 Å². The smallest absolute Gasteiger partial charge is 0.416 e. The first-order valence-electron chi connectivity index (χ1n) is 14.1. The van der Waals surface area contributed by atoms with Crippen molar-refractivity contribution in [3.8, 4) is 17.0 Å². The zero-order valence-corrected chi connectivity index (χ0v) is 27.0. The molecule has 0 fully saturated rings. The van der Waals surface area contributed by atoms with Gasteiger partial charge in [-0.1, -0.05) is 31.2 Å². The molecule has 0 saturated heterocycles. The molecule has 1 aliphatic heterocycles. The van der Waals surface area contributed by atoms with Crippen molar-refractivity contribution in [3.05, 3.63) is 53.6 Å². The van der Waals surface area contributed by atoms with Crippen LogP contribution in [0, 0.1) is 5.82 Å². The van der Waals surface area contributed by atoms with Gasteiger partial charge in [0.2, 0.25) is 0 Å². The minimum absolute atomic E-state index is 0.177. The summed E-state index contributed by atoms with van der Waals surface area (Å²) in [7, 11) is -1.22. The molecule has 0 radical (unpaired) electrons. The van der Waals surface area contributed by atoms with Crippen molar-refractivity contribution in [1.29, 1.82) is 0 Å². The van der Waals surface area contributed by atoms with Crippen molar-refractivity contribution in [3.63, 3.8) is 0 Å². The molecule has 228 valence electrons. The van der Waals surface area contributed by atoms with Gasteiger partial charge in [-0.05, 0) is 57.1 Å². The lowest BCUT2D eigenvalue weighted by Gasteiger charge is -2.32. The molecule has 10 nitrogen and oxygen atoms in total. The molecule has 13 heteroatoms. The van der Waals surface area contributed by atoms with E-state index in [0.29, 0.717) is 34.4 Å². The van der Waals surface area contributed by atoms with E-state index in [0.717, 1.165) is 11.4 Å². The summed E-state index contributed by atoms with van der Waals surface area (Å²) in [5.41, 5.74) is 1.50. The van der Waals surface area contributed by atoms with Gasteiger partial charge in [-0.2, -0.15) is 5.10 Å². The van der Waals surface area contributed by atoms with Crippen molar-refractivity contribution in [1.82, 2.24) is 19.7 Å². The van der Waals surface area contributed by atoms with Gasteiger partial charge in [0, 0.05) is 31.5 Å². The molecule has 1 amide bonds. The minimum Gasteiger partial charge on any atom is -0.486 e. The summed E-state index contributed by atoms with van der Waals surface area (Å²) >= 11 is 6.22. The van der Waals surface area contributed by atoms with Crippen molar-refractivity contribution in [2.75, 3.05) is 30.0 Å². The molecule has 43 heavy (non-hydrogen) atoms. The van der Waals surface area contributed by atoms with E-state index in [1.165, 1.54) is 23.1 Å². The van der Waals surface area contributed by atoms with Crippen LogP contribution in [0.4, 0.5) is 26.4 Å². The van der Waals surface area contributed by atoms with Crippen LogP contribution in [-0.4, -0.2) is 59.3 Å². The molecule has 4 aromatic rings. The highest BCUT2D eigenvalue weighted by Gasteiger charge is 2.32. The van der Waals surface area contributed by atoms with Crippen LogP contribution in [-0.2, 0) is 16.2 Å². The summed E-state index contributed by atoms with van der Waals surface area (Å²) in [5.74, 6) is 0.0250. The van der Waals surface area contributed by atoms with E-state index in [-0.39, 0.29) is 37.0 Å². The fourth-order valence-corrected chi connectivity index (χ4v) is 5.39. The first-order valence-corrected chi connectivity index (χ1v) is 18.2. The number of ether oxygens (including phenoxy) is 3. The fourth-order valence-electron chi connectivity index (χ4n) is 4.46. The molecule has 1 aliphatic rings. The zero-order valence-electron chi connectivity index (χ0n) is 25.2. The van der Waals surface area contributed by atoms with Crippen molar-refractivity contribution < 1.29 is 23.4 Å². The first-order chi connectivity index (χ1) is 20.3. The average molecular weight is 627 g/mol. The van der Waals surface area contributed by atoms with E-state index >= 15 is 4.39 Å². The highest BCUT2D eigenvalue weighted by atomic mass is 35.5. The SMILES string of the molecule is CC(C)(C)OC(=O)N1CCOc2c(Nc3ccnc4c3cnn4COCC[Si](C)(C)C)cc(-c3cc(Cl)ccc3F)nc21. The molecule has 0 aliphatic carbocycles. The Morgan fingerprint density at radius 3 is 2.72 bits per heavy atom. The highest BCUT2D eigenvalue weighted by molar-refractivity contribution is 6.76. The number of anilines is 3. The molecule has 0 spiro atoms. The Bertz CT molecular complexity index is 1650. The average Bonchev–Trinajstić information content (AvgIpc) is 3.34. The Morgan fingerprint density at radius 2 is 1.98 bits per heavy atom. The van der Waals surface area contributed by atoms with Crippen LogP contribution < -0.4 is 15.0 Å². The van der Waals surface area contributed by atoms with Crippen LogP contribution in [0.5, 0.6) is 5.75 Å². The number of rotatable bonds is 8. The predicted octanol–water partition coefficient (Wildman–Crippen LogP) is 7.48. The van der Waals surface area contributed by atoms with Crippen LogP contribution in [0.1, 0.15) is 20.8 Å². The molecule has 4 heterocycles. The third-order valence-corrected chi connectivity index (χ3v) is 8.55. The number of carbonyl (C=O) groups excluding carboxylic acids is 1. The highest BCUT2D eigenvalue weighted by Crippen LogP contribution is 2.43. The Hall–Kier alpha value is -3.74. The number of hydrogen-bond acceptors (Lipinski definition) is 8. The molecular weight excluding hydrogens is 591 g/mol. The molecule has 1 aromatic carbocycles. The lowest BCUT2D eigenvalue weighted by molar-refractivity contribution is 0.0566. The van der Waals surface area contributed by atoms with Gasteiger partial charge in [-0.25, -0.2) is 23.8 Å². The second-order valence-electron chi connectivity index (χ2n) is 12.5. The number of fused-ring (bicyclic) bond motifs is 2. The maximum absolute atomic E-state index is 15.0. The number of halogens is 2. The largest absolute Gasteiger partial charge is 0.486 e. The summed E-state index contributed by atoms with van der Waals surface area (Å²) in [5, 5.41) is 8.99. The van der Waals surface area contributed by atoms with Crippen LogP contribution >= 0.6 is 11.6 Å². The standard InChI is InChI=1S/C30H36ClFN6O4Si/c1-30(2,3)42-29(39)37-11-12-41-26-25(16-24(36-28(26)37)20-15-19(31)7-8-22(20)32)35-23-9-10-33-27-21(23)17-34-38(27)18-40-13-14-43(4,5)6/h7-10,15-17H,11-14,18H2,1-6H3,(H,33,35,36). The van der Waals surface area contributed by atoms with E-state index in [1.807, 2.05) is 0 Å². The second kappa shape index (κ2) is 12.1. The number of nitrogens with one attached hydrogen (secondary N) is 1. The zero-order chi connectivity index (χ0) is 30.9. The molecule has 3 aromatic heterocycles. The summed E-state index contributed by atoms with van der Waals surface area (Å²) in [6, 6.07) is 8.77. The Labute approximate surface area is 256 Å². The van der Waals surface area contributed by atoms with E-state index < -0.39 is 25.6 Å². The normalized spacial score (nSPS) is 13.5. The van der Waals surface area contributed by atoms with Gasteiger partial charge < -0.3 is 19.5 Å². The van der Waals surface area contributed by atoms with Gasteiger partial charge in [0.15, 0.2) is 17.2 Å². The summed E-state index contributed by atoms with van der Waals surface area (Å²) in [6.45, 7) is 13.6. The predicted molar refractivity (Wildman–Crippen MR) is 169 cm³/mol. The Balaban J connectivity index is 1.54. The van der Waals surface area contributed by atoms with Gasteiger partial charge in [0.25, 0.3) is 0 Å².